The second-order valence-corrected chi connectivity index (χ2v) is 32.8. The first-order valence-electron chi connectivity index (χ1n) is 38.1. The van der Waals surface area contributed by atoms with E-state index < -0.39 is 0 Å². The van der Waals surface area contributed by atoms with Gasteiger partial charge in [-0.25, -0.2) is 0 Å². The maximum absolute atomic E-state index is 7.04. The van der Waals surface area contributed by atoms with Crippen molar-refractivity contribution >= 4 is 110 Å². The standard InChI is InChI=1S/C52H39NO.C28H23Br.C24H17NO/c1-51(2)42-27-14-13-21-35(42)40-29-44-41(30-43(40)51)48-37-23-12-11-22-36(37)47(31-45(48)52(44,3)4)53(33-19-9-6-10-20-33)46-28-16-26-39-38-25-15-24-34(49(38)54-50(39)46)32-17-7-5-8-18-32;1-27(2)21-12-8-7-9-16(21)19-13-23-20(14-22(19)27)26-18-11-6-5-10-17(18)25(29)15-24(26)28(23,3)4;1-3-9-17(10-4-1)19-13-7-14-20-21-15-8-16-22(24(21)26-23(19)20)25-18-11-5-2-6-12-18/h5-31H,1-4H3;5-15H,1-4H3;1-16,25H. The lowest BCUT2D eigenvalue weighted by Gasteiger charge is -2.29. The van der Waals surface area contributed by atoms with Crippen LogP contribution in [0.3, 0.4) is 0 Å². The number of hydrogen-bond acceptors (Lipinski definition) is 4. The van der Waals surface area contributed by atoms with Gasteiger partial charge in [0.15, 0.2) is 11.2 Å². The molecule has 0 amide bonds. The molecule has 5 heteroatoms. The van der Waals surface area contributed by atoms with Crippen LogP contribution in [0.5, 0.6) is 0 Å². The number of furan rings is 2. The Morgan fingerprint density at radius 1 is 0.257 bits per heavy atom. The summed E-state index contributed by atoms with van der Waals surface area (Å²) in [6.45, 7) is 19.1. The first-order valence-corrected chi connectivity index (χ1v) is 38.9. The quantitative estimate of drug-likeness (QED) is 0.173. The summed E-state index contributed by atoms with van der Waals surface area (Å²) in [5.41, 5.74) is 35.5. The molecule has 0 bridgehead atoms. The van der Waals surface area contributed by atoms with Crippen LogP contribution in [0.2, 0.25) is 0 Å². The lowest BCUT2D eigenvalue weighted by atomic mass is 9.79. The highest BCUT2D eigenvalue weighted by molar-refractivity contribution is 9.10. The van der Waals surface area contributed by atoms with Crippen LogP contribution in [0.15, 0.2) is 341 Å². The number of benzene rings is 16. The zero-order chi connectivity index (χ0) is 73.8. The second kappa shape index (κ2) is 24.9. The van der Waals surface area contributed by atoms with Gasteiger partial charge in [-0.1, -0.05) is 326 Å². The van der Waals surface area contributed by atoms with Crippen LogP contribution in [-0.4, -0.2) is 0 Å². The zero-order valence-corrected chi connectivity index (χ0v) is 63.9. The van der Waals surface area contributed by atoms with Crippen molar-refractivity contribution in [3.8, 4) is 66.8 Å². The van der Waals surface area contributed by atoms with E-state index in [2.05, 4.69) is 385 Å². The number of rotatable bonds is 7. The summed E-state index contributed by atoms with van der Waals surface area (Å²) in [5.74, 6) is 0. The van der Waals surface area contributed by atoms with E-state index in [0.717, 1.165) is 94.6 Å². The zero-order valence-electron chi connectivity index (χ0n) is 62.3. The Morgan fingerprint density at radius 3 is 1.17 bits per heavy atom. The van der Waals surface area contributed by atoms with Gasteiger partial charge in [-0.3, -0.25) is 0 Å². The Hall–Kier alpha value is -12.3. The van der Waals surface area contributed by atoms with Crippen molar-refractivity contribution in [2.75, 3.05) is 10.2 Å². The molecular weight excluding hydrogens is 1390 g/mol. The van der Waals surface area contributed by atoms with Gasteiger partial charge in [-0.15, -0.1) is 0 Å². The molecule has 16 aromatic carbocycles. The summed E-state index contributed by atoms with van der Waals surface area (Å²) in [5, 5.41) is 13.1. The molecule has 2 heterocycles. The molecule has 0 aliphatic heterocycles. The summed E-state index contributed by atoms with van der Waals surface area (Å²) < 4.78 is 14.6. The van der Waals surface area contributed by atoms with E-state index in [1.165, 1.54) is 115 Å². The van der Waals surface area contributed by atoms with Gasteiger partial charge < -0.3 is 19.1 Å². The average Bonchev–Trinajstić information content (AvgIpc) is 1.55. The van der Waals surface area contributed by atoms with Gasteiger partial charge in [0.25, 0.3) is 0 Å². The third kappa shape index (κ3) is 10.2. The SMILES string of the molecule is CC1(C)c2ccccc2-c2cc3c(cc21)-c1c(cc(Br)c2ccccc12)C3(C)C.CC1(C)c2ccccc2-c2cc3c(cc21)-c1c(cc(N(c2ccccc2)c2cccc4c2oc2c(-c5ccccc5)cccc24)c2ccccc12)C3(C)C.c1ccc(Nc2cccc3c2oc2c(-c4ccccc4)cccc23)cc1. The molecule has 2 aromatic heterocycles. The predicted molar refractivity (Wildman–Crippen MR) is 462 cm³/mol. The highest BCUT2D eigenvalue weighted by Crippen LogP contribution is 2.61. The molecule has 1 N–H and O–H groups in total. The van der Waals surface area contributed by atoms with Crippen LogP contribution in [0.25, 0.3) is 132 Å². The second-order valence-electron chi connectivity index (χ2n) is 32.0. The maximum atomic E-state index is 7.04. The molecule has 0 atom stereocenters. The molecule has 109 heavy (non-hydrogen) atoms. The van der Waals surface area contributed by atoms with Crippen LogP contribution in [0.4, 0.5) is 28.4 Å². The fraction of sp³-hybridized carbons (Fsp3) is 0.115. The molecular formula is C104H79BrN2O2. The topological polar surface area (TPSA) is 41.6 Å². The fourth-order valence-corrected chi connectivity index (χ4v) is 19.5. The largest absolute Gasteiger partial charge is 0.453 e. The van der Waals surface area contributed by atoms with E-state index in [0.29, 0.717) is 0 Å². The first kappa shape index (κ1) is 66.2. The molecule has 0 saturated heterocycles. The molecule has 4 nitrogen and oxygen atoms in total. The van der Waals surface area contributed by atoms with Gasteiger partial charge in [0.2, 0.25) is 0 Å². The summed E-state index contributed by atoms with van der Waals surface area (Å²) in [7, 11) is 0. The highest BCUT2D eigenvalue weighted by atomic mass is 79.9. The third-order valence-corrected chi connectivity index (χ3v) is 25.1. The highest BCUT2D eigenvalue weighted by Gasteiger charge is 2.45. The first-order chi connectivity index (χ1) is 53.0. The lowest BCUT2D eigenvalue weighted by molar-refractivity contribution is 0.652. The number of fused-ring (bicyclic) bond motifs is 22. The van der Waals surface area contributed by atoms with Gasteiger partial charge in [0.1, 0.15) is 11.2 Å². The van der Waals surface area contributed by atoms with Crippen molar-refractivity contribution in [1.29, 1.82) is 0 Å². The molecule has 0 saturated carbocycles. The predicted octanol–water partition coefficient (Wildman–Crippen LogP) is 29.7. The Bertz CT molecular complexity index is 6760. The Morgan fingerprint density at radius 2 is 0.624 bits per heavy atom. The normalized spacial score (nSPS) is 14.4. The van der Waals surface area contributed by atoms with E-state index in [1.54, 1.807) is 0 Å². The molecule has 0 radical (unpaired) electrons. The third-order valence-electron chi connectivity index (χ3n) is 24.4. The number of hydrogen-bond donors (Lipinski definition) is 1. The smallest absolute Gasteiger partial charge is 0.159 e. The number of para-hydroxylation sites is 6. The minimum atomic E-state index is -0.224. The van der Waals surface area contributed by atoms with Gasteiger partial charge in [0, 0.05) is 75.6 Å². The van der Waals surface area contributed by atoms with E-state index in [9.17, 15) is 0 Å². The van der Waals surface area contributed by atoms with E-state index in [4.69, 9.17) is 8.83 Å². The molecule has 22 rings (SSSR count). The van der Waals surface area contributed by atoms with Crippen LogP contribution in [0.1, 0.15) is 99.9 Å². The molecule has 0 fully saturated rings. The lowest BCUT2D eigenvalue weighted by Crippen LogP contribution is -2.18. The minimum Gasteiger partial charge on any atom is -0.453 e. The van der Waals surface area contributed by atoms with Crippen molar-refractivity contribution < 1.29 is 8.83 Å². The van der Waals surface area contributed by atoms with Crippen molar-refractivity contribution in [3.05, 3.63) is 377 Å². The Balaban J connectivity index is 0.000000119. The number of nitrogens with zero attached hydrogens (tertiary/aromatic N) is 1. The summed E-state index contributed by atoms with van der Waals surface area (Å²) in [6, 6.07) is 118. The average molecular weight is 1470 g/mol. The van der Waals surface area contributed by atoms with Crippen molar-refractivity contribution in [2.45, 2.75) is 77.0 Å². The van der Waals surface area contributed by atoms with Gasteiger partial charge >= 0.3 is 0 Å². The maximum Gasteiger partial charge on any atom is 0.159 e. The molecule has 18 aromatic rings. The van der Waals surface area contributed by atoms with Crippen LogP contribution >= 0.6 is 15.9 Å². The van der Waals surface area contributed by atoms with Crippen LogP contribution in [0, 0.1) is 0 Å². The molecule has 0 unspecified atom stereocenters. The summed E-state index contributed by atoms with van der Waals surface area (Å²) >= 11 is 3.84. The Labute approximate surface area is 644 Å². The minimum absolute atomic E-state index is 0.0199. The summed E-state index contributed by atoms with van der Waals surface area (Å²) in [6.07, 6.45) is 0. The molecule has 4 aliphatic rings. The molecule has 4 aliphatic carbocycles. The summed E-state index contributed by atoms with van der Waals surface area (Å²) in [4.78, 5) is 2.42. The number of anilines is 5. The monoisotopic (exact) mass is 1470 g/mol. The molecule has 0 spiro atoms. The van der Waals surface area contributed by atoms with Gasteiger partial charge in [-0.2, -0.15) is 0 Å². The molecule has 524 valence electrons. The van der Waals surface area contributed by atoms with Crippen LogP contribution in [-0.2, 0) is 21.7 Å². The van der Waals surface area contributed by atoms with Crippen molar-refractivity contribution in [2.24, 2.45) is 0 Å². The van der Waals surface area contributed by atoms with Crippen molar-refractivity contribution in [3.63, 3.8) is 0 Å². The number of nitrogens with one attached hydrogen (secondary N) is 1. The fourth-order valence-electron chi connectivity index (χ4n) is 18.9. The Kier molecular flexibility index (Phi) is 15.1. The van der Waals surface area contributed by atoms with E-state index in [-0.39, 0.29) is 21.7 Å². The van der Waals surface area contributed by atoms with Crippen LogP contribution < -0.4 is 10.2 Å². The van der Waals surface area contributed by atoms with Crippen molar-refractivity contribution in [1.82, 2.24) is 0 Å². The van der Waals surface area contributed by atoms with Gasteiger partial charge in [0.05, 0.1) is 17.1 Å². The number of halogens is 1. The van der Waals surface area contributed by atoms with Gasteiger partial charge in [-0.05, 0) is 189 Å². The van der Waals surface area contributed by atoms with E-state index in [1.807, 2.05) is 24.3 Å². The van der Waals surface area contributed by atoms with E-state index >= 15 is 0 Å².